The van der Waals surface area contributed by atoms with E-state index in [1.807, 2.05) is 19.1 Å². The molecular formula is C16H15ClN2O3S. The van der Waals surface area contributed by atoms with Crippen molar-refractivity contribution in [2.24, 2.45) is 0 Å². The van der Waals surface area contributed by atoms with Crippen molar-refractivity contribution in [1.82, 2.24) is 4.98 Å². The number of aromatic nitrogens is 1. The maximum Gasteiger partial charge on any atom is 0.331 e. The fourth-order valence-electron chi connectivity index (χ4n) is 1.67. The summed E-state index contributed by atoms with van der Waals surface area (Å²) >= 11 is 7.42. The van der Waals surface area contributed by atoms with Crippen LogP contribution in [0.4, 0.5) is 5.69 Å². The number of amides is 1. The predicted octanol–water partition coefficient (Wildman–Crippen LogP) is 3.69. The van der Waals surface area contributed by atoms with E-state index < -0.39 is 18.0 Å². The summed E-state index contributed by atoms with van der Waals surface area (Å²) in [5.41, 5.74) is 0.367. The molecule has 0 unspecified atom stereocenters. The molecule has 2 rings (SSSR count). The van der Waals surface area contributed by atoms with E-state index in [0.29, 0.717) is 5.69 Å². The van der Waals surface area contributed by atoms with Gasteiger partial charge in [-0.1, -0.05) is 11.6 Å². The second-order valence-electron chi connectivity index (χ2n) is 4.69. The van der Waals surface area contributed by atoms with Crippen LogP contribution in [0.1, 0.15) is 16.7 Å². The van der Waals surface area contributed by atoms with Gasteiger partial charge in [-0.3, -0.25) is 4.79 Å². The number of hydrogen-bond donors (Lipinski definition) is 1. The molecule has 0 aliphatic carbocycles. The lowest BCUT2D eigenvalue weighted by atomic mass is 10.3. The average molecular weight is 351 g/mol. The summed E-state index contributed by atoms with van der Waals surface area (Å²) in [5, 5.41) is 2.73. The highest BCUT2D eigenvalue weighted by molar-refractivity contribution is 7.12. The van der Waals surface area contributed by atoms with E-state index in [-0.39, 0.29) is 5.15 Å². The molecule has 0 saturated heterocycles. The van der Waals surface area contributed by atoms with Crippen molar-refractivity contribution in [3.63, 3.8) is 0 Å². The van der Waals surface area contributed by atoms with Gasteiger partial charge in [-0.05, 0) is 44.2 Å². The molecule has 0 aromatic carbocycles. The summed E-state index contributed by atoms with van der Waals surface area (Å²) < 4.78 is 5.06. The van der Waals surface area contributed by atoms with Crippen molar-refractivity contribution >= 4 is 46.6 Å². The zero-order valence-corrected chi connectivity index (χ0v) is 14.1. The van der Waals surface area contributed by atoms with Gasteiger partial charge in [0.15, 0.2) is 11.3 Å². The lowest BCUT2D eigenvalue weighted by molar-refractivity contribution is -0.148. The van der Waals surface area contributed by atoms with E-state index >= 15 is 0 Å². The van der Waals surface area contributed by atoms with Crippen LogP contribution in [0.5, 0.6) is 0 Å². The van der Waals surface area contributed by atoms with Gasteiger partial charge >= 0.3 is 5.97 Å². The Balaban J connectivity index is 1.89. The number of nitrogens with one attached hydrogen (secondary N) is 1. The van der Waals surface area contributed by atoms with Crippen LogP contribution < -0.4 is 5.32 Å². The molecule has 0 radical (unpaired) electrons. The first kappa shape index (κ1) is 17.2. The summed E-state index contributed by atoms with van der Waals surface area (Å²) in [6.45, 7) is 3.47. The number of thiophene rings is 1. The second-order valence-corrected chi connectivity index (χ2v) is 6.37. The highest BCUT2D eigenvalue weighted by Gasteiger charge is 2.17. The molecule has 5 nitrogen and oxygen atoms in total. The first-order valence-corrected chi connectivity index (χ1v) is 8.01. The van der Waals surface area contributed by atoms with Crippen molar-refractivity contribution in [2.45, 2.75) is 20.0 Å². The van der Waals surface area contributed by atoms with Gasteiger partial charge in [-0.15, -0.1) is 11.3 Å². The van der Waals surface area contributed by atoms with E-state index in [1.54, 1.807) is 29.5 Å². The van der Waals surface area contributed by atoms with Crippen LogP contribution in [0.3, 0.4) is 0 Å². The number of halogens is 1. The average Bonchev–Trinajstić information content (AvgIpc) is 2.93. The van der Waals surface area contributed by atoms with E-state index in [2.05, 4.69) is 10.3 Å². The number of nitrogens with zero attached hydrogens (tertiary/aromatic N) is 1. The van der Waals surface area contributed by atoms with Crippen molar-refractivity contribution in [3.8, 4) is 0 Å². The zero-order valence-electron chi connectivity index (χ0n) is 12.6. The number of carbonyl (C=O) groups is 2. The standard InChI is InChI=1S/C16H15ClN2O3S/c1-10-5-6-12(23-10)7-8-14(20)22-11(2)16(21)19-13-4-3-9-18-15(13)17/h3-9,11H,1-2H3,(H,19,21)/b8-7+/t11-/m1/s1. The molecule has 7 heteroatoms. The number of anilines is 1. The molecular weight excluding hydrogens is 336 g/mol. The Morgan fingerprint density at radius 3 is 2.83 bits per heavy atom. The predicted molar refractivity (Wildman–Crippen MR) is 91.5 cm³/mol. The van der Waals surface area contributed by atoms with Crippen LogP contribution in [-0.2, 0) is 14.3 Å². The summed E-state index contributed by atoms with van der Waals surface area (Å²) in [5.74, 6) is -1.07. The molecule has 0 saturated carbocycles. The van der Waals surface area contributed by atoms with Crippen LogP contribution in [-0.4, -0.2) is 23.0 Å². The first-order chi connectivity index (χ1) is 11.0. The fourth-order valence-corrected chi connectivity index (χ4v) is 2.62. The number of esters is 1. The van der Waals surface area contributed by atoms with Crippen LogP contribution in [0.2, 0.25) is 5.15 Å². The molecule has 120 valence electrons. The molecule has 0 spiro atoms. The number of ether oxygens (including phenoxy) is 1. The Bertz CT molecular complexity index is 742. The molecule has 1 atom stereocenters. The van der Waals surface area contributed by atoms with Gasteiger partial charge in [0.25, 0.3) is 5.91 Å². The summed E-state index contributed by atoms with van der Waals surface area (Å²) in [6, 6.07) is 7.12. The van der Waals surface area contributed by atoms with Crippen LogP contribution in [0.15, 0.2) is 36.5 Å². The van der Waals surface area contributed by atoms with E-state index in [0.717, 1.165) is 9.75 Å². The first-order valence-electron chi connectivity index (χ1n) is 6.82. The van der Waals surface area contributed by atoms with Gasteiger partial charge in [0.1, 0.15) is 0 Å². The Kier molecular flexibility index (Phi) is 5.90. The third kappa shape index (κ3) is 5.19. The lowest BCUT2D eigenvalue weighted by Crippen LogP contribution is -2.29. The largest absolute Gasteiger partial charge is 0.449 e. The lowest BCUT2D eigenvalue weighted by Gasteiger charge is -2.12. The Labute approximate surface area is 143 Å². The highest BCUT2D eigenvalue weighted by atomic mass is 35.5. The Hall–Kier alpha value is -2.18. The normalized spacial score (nSPS) is 12.1. The second kappa shape index (κ2) is 7.89. The molecule has 2 aromatic rings. The van der Waals surface area contributed by atoms with Crippen LogP contribution >= 0.6 is 22.9 Å². The molecule has 2 aromatic heterocycles. The minimum absolute atomic E-state index is 0.173. The quantitative estimate of drug-likeness (QED) is 0.507. The third-order valence-corrected chi connectivity index (χ3v) is 4.09. The maximum absolute atomic E-state index is 12.0. The molecule has 23 heavy (non-hydrogen) atoms. The van der Waals surface area contributed by atoms with E-state index in [9.17, 15) is 9.59 Å². The smallest absolute Gasteiger partial charge is 0.331 e. The van der Waals surface area contributed by atoms with E-state index in [4.69, 9.17) is 16.3 Å². The molecule has 1 amide bonds. The van der Waals surface area contributed by atoms with Gasteiger partial charge in [-0.2, -0.15) is 0 Å². The molecule has 2 heterocycles. The van der Waals surface area contributed by atoms with Crippen molar-refractivity contribution in [3.05, 3.63) is 51.4 Å². The summed E-state index contributed by atoms with van der Waals surface area (Å²) in [4.78, 5) is 29.7. The number of aryl methyl sites for hydroxylation is 1. The minimum atomic E-state index is -0.950. The van der Waals surface area contributed by atoms with Crippen LogP contribution in [0, 0.1) is 6.92 Å². The SMILES string of the molecule is Cc1ccc(/C=C/C(=O)O[C@H](C)C(=O)Nc2cccnc2Cl)s1. The molecule has 0 bridgehead atoms. The topological polar surface area (TPSA) is 68.3 Å². The molecule has 0 fully saturated rings. The van der Waals surface area contributed by atoms with Gasteiger partial charge in [0, 0.05) is 22.0 Å². The van der Waals surface area contributed by atoms with Crippen molar-refractivity contribution < 1.29 is 14.3 Å². The number of rotatable bonds is 5. The van der Waals surface area contributed by atoms with Crippen molar-refractivity contribution in [2.75, 3.05) is 5.32 Å². The third-order valence-electron chi connectivity index (χ3n) is 2.82. The van der Waals surface area contributed by atoms with Crippen LogP contribution in [0.25, 0.3) is 6.08 Å². The highest BCUT2D eigenvalue weighted by Crippen LogP contribution is 2.18. The van der Waals surface area contributed by atoms with Gasteiger partial charge in [0.2, 0.25) is 0 Å². The molecule has 1 N–H and O–H groups in total. The van der Waals surface area contributed by atoms with E-state index in [1.165, 1.54) is 19.2 Å². The Morgan fingerprint density at radius 2 is 2.17 bits per heavy atom. The Morgan fingerprint density at radius 1 is 1.39 bits per heavy atom. The number of pyridine rings is 1. The molecule has 0 aliphatic rings. The number of hydrogen-bond acceptors (Lipinski definition) is 5. The summed E-state index contributed by atoms with van der Waals surface area (Å²) in [6.07, 6.45) is 3.52. The number of carbonyl (C=O) groups excluding carboxylic acids is 2. The van der Waals surface area contributed by atoms with Gasteiger partial charge in [-0.25, -0.2) is 9.78 Å². The minimum Gasteiger partial charge on any atom is -0.449 e. The maximum atomic E-state index is 12.0. The van der Waals surface area contributed by atoms with Gasteiger partial charge < -0.3 is 10.1 Å². The van der Waals surface area contributed by atoms with Crippen molar-refractivity contribution in [1.29, 1.82) is 0 Å². The summed E-state index contributed by atoms with van der Waals surface area (Å²) in [7, 11) is 0. The zero-order chi connectivity index (χ0) is 16.8. The monoisotopic (exact) mass is 350 g/mol. The molecule has 0 aliphatic heterocycles. The van der Waals surface area contributed by atoms with Gasteiger partial charge in [0.05, 0.1) is 5.69 Å². The fraction of sp³-hybridized carbons (Fsp3) is 0.188.